The molecule has 3 heterocycles. The van der Waals surface area contributed by atoms with Crippen molar-refractivity contribution in [2.45, 2.75) is 24.5 Å². The van der Waals surface area contributed by atoms with Crippen molar-refractivity contribution in [3.05, 3.63) is 54.0 Å². The SMILES string of the molecule is O=C(CSc1nnc(N2CCCC2)n1Cc1ccco1)Nc1cc(F)ccc1F. The fourth-order valence-corrected chi connectivity index (χ4v) is 3.88. The van der Waals surface area contributed by atoms with Gasteiger partial charge in [0.25, 0.3) is 0 Å². The number of aromatic nitrogens is 3. The first-order valence-electron chi connectivity index (χ1n) is 9.18. The van der Waals surface area contributed by atoms with E-state index in [0.717, 1.165) is 55.8 Å². The van der Waals surface area contributed by atoms with Crippen molar-refractivity contribution in [1.82, 2.24) is 14.8 Å². The van der Waals surface area contributed by atoms with Gasteiger partial charge in [0.05, 0.1) is 24.2 Å². The molecule has 1 amide bonds. The maximum Gasteiger partial charge on any atom is 0.234 e. The number of furan rings is 1. The number of hydrogen-bond donors (Lipinski definition) is 1. The van der Waals surface area contributed by atoms with Gasteiger partial charge in [-0.15, -0.1) is 10.2 Å². The second kappa shape index (κ2) is 8.64. The van der Waals surface area contributed by atoms with E-state index in [2.05, 4.69) is 20.4 Å². The maximum absolute atomic E-state index is 13.7. The van der Waals surface area contributed by atoms with Crippen molar-refractivity contribution >= 4 is 29.3 Å². The van der Waals surface area contributed by atoms with Gasteiger partial charge in [-0.1, -0.05) is 11.8 Å². The van der Waals surface area contributed by atoms with Gasteiger partial charge in [-0.25, -0.2) is 8.78 Å². The molecular formula is C19H19F2N5O2S. The summed E-state index contributed by atoms with van der Waals surface area (Å²) in [6.07, 6.45) is 3.79. The lowest BCUT2D eigenvalue weighted by Crippen LogP contribution is -2.23. The molecule has 0 atom stereocenters. The average Bonchev–Trinajstić information content (AvgIpc) is 3.45. The number of carbonyl (C=O) groups excluding carboxylic acids is 1. The number of rotatable bonds is 7. The minimum Gasteiger partial charge on any atom is -0.467 e. The molecule has 4 rings (SSSR count). The largest absolute Gasteiger partial charge is 0.467 e. The van der Waals surface area contributed by atoms with Crippen molar-refractivity contribution < 1.29 is 18.0 Å². The molecule has 10 heteroatoms. The van der Waals surface area contributed by atoms with Gasteiger partial charge in [0.15, 0.2) is 5.16 Å². The van der Waals surface area contributed by atoms with E-state index < -0.39 is 17.5 Å². The average molecular weight is 419 g/mol. The van der Waals surface area contributed by atoms with Crippen LogP contribution in [0.5, 0.6) is 0 Å². The molecule has 29 heavy (non-hydrogen) atoms. The molecule has 1 aromatic carbocycles. The number of anilines is 2. The van der Waals surface area contributed by atoms with Crippen LogP contribution in [-0.2, 0) is 11.3 Å². The molecule has 1 saturated heterocycles. The van der Waals surface area contributed by atoms with Crippen LogP contribution in [0, 0.1) is 11.6 Å². The van der Waals surface area contributed by atoms with Crippen LogP contribution < -0.4 is 10.2 Å². The Hall–Kier alpha value is -2.88. The Balaban J connectivity index is 1.47. The lowest BCUT2D eigenvalue weighted by Gasteiger charge is -2.17. The van der Waals surface area contributed by atoms with E-state index in [1.165, 1.54) is 11.8 Å². The molecular weight excluding hydrogens is 400 g/mol. The molecule has 0 saturated carbocycles. The van der Waals surface area contributed by atoms with E-state index in [9.17, 15) is 13.6 Å². The lowest BCUT2D eigenvalue weighted by atomic mass is 10.3. The second-order valence-corrected chi connectivity index (χ2v) is 7.55. The first-order valence-corrected chi connectivity index (χ1v) is 10.2. The number of benzene rings is 1. The molecule has 0 bridgehead atoms. The van der Waals surface area contributed by atoms with Crippen LogP contribution in [0.4, 0.5) is 20.4 Å². The van der Waals surface area contributed by atoms with Crippen molar-refractivity contribution in [3.63, 3.8) is 0 Å². The van der Waals surface area contributed by atoms with Crippen LogP contribution in [0.3, 0.4) is 0 Å². The summed E-state index contributed by atoms with van der Waals surface area (Å²) in [5, 5.41) is 11.5. The maximum atomic E-state index is 13.7. The Morgan fingerprint density at radius 1 is 1.21 bits per heavy atom. The van der Waals surface area contributed by atoms with Crippen molar-refractivity contribution in [2.24, 2.45) is 0 Å². The highest BCUT2D eigenvalue weighted by Crippen LogP contribution is 2.26. The summed E-state index contributed by atoms with van der Waals surface area (Å²) in [6.45, 7) is 2.24. The smallest absolute Gasteiger partial charge is 0.234 e. The van der Waals surface area contributed by atoms with Crippen molar-refractivity contribution in [3.8, 4) is 0 Å². The highest BCUT2D eigenvalue weighted by atomic mass is 32.2. The van der Waals surface area contributed by atoms with Crippen molar-refractivity contribution in [2.75, 3.05) is 29.1 Å². The third-order valence-electron chi connectivity index (χ3n) is 4.52. The molecule has 0 unspecified atom stereocenters. The summed E-state index contributed by atoms with van der Waals surface area (Å²) >= 11 is 1.18. The van der Waals surface area contributed by atoms with Crippen LogP contribution in [0.1, 0.15) is 18.6 Å². The summed E-state index contributed by atoms with van der Waals surface area (Å²) in [6, 6.07) is 6.59. The van der Waals surface area contributed by atoms with Gasteiger partial charge in [0, 0.05) is 19.2 Å². The minimum absolute atomic E-state index is 0.0216. The summed E-state index contributed by atoms with van der Waals surface area (Å²) < 4.78 is 34.3. The first-order chi connectivity index (χ1) is 14.1. The Kier molecular flexibility index (Phi) is 5.79. The molecule has 1 aliphatic heterocycles. The van der Waals surface area contributed by atoms with Crippen LogP contribution in [0.2, 0.25) is 0 Å². The number of amides is 1. The van der Waals surface area contributed by atoms with Crippen molar-refractivity contribution in [1.29, 1.82) is 0 Å². The van der Waals surface area contributed by atoms with Gasteiger partial charge in [-0.2, -0.15) is 0 Å². The number of nitrogens with one attached hydrogen (secondary N) is 1. The van der Waals surface area contributed by atoms with Gasteiger partial charge in [0.1, 0.15) is 17.4 Å². The molecule has 7 nitrogen and oxygen atoms in total. The van der Waals surface area contributed by atoms with E-state index in [1.807, 2.05) is 16.7 Å². The quantitative estimate of drug-likeness (QED) is 0.591. The molecule has 1 aliphatic rings. The molecule has 0 aliphatic carbocycles. The van der Waals surface area contributed by atoms with E-state index >= 15 is 0 Å². The van der Waals surface area contributed by atoms with Gasteiger partial charge >= 0.3 is 0 Å². The number of halogens is 2. The molecule has 0 radical (unpaired) electrons. The minimum atomic E-state index is -0.693. The predicted molar refractivity (Wildman–Crippen MR) is 105 cm³/mol. The summed E-state index contributed by atoms with van der Waals surface area (Å²) in [7, 11) is 0. The third-order valence-corrected chi connectivity index (χ3v) is 5.48. The fourth-order valence-electron chi connectivity index (χ4n) is 3.15. The number of hydrogen-bond acceptors (Lipinski definition) is 6. The van der Waals surface area contributed by atoms with Crippen LogP contribution in [0.15, 0.2) is 46.2 Å². The summed E-state index contributed by atoms with van der Waals surface area (Å²) in [4.78, 5) is 14.4. The zero-order valence-corrected chi connectivity index (χ0v) is 16.3. The third kappa shape index (κ3) is 4.58. The topological polar surface area (TPSA) is 76.2 Å². The molecule has 152 valence electrons. The molecule has 1 fully saturated rings. The Morgan fingerprint density at radius 2 is 2.03 bits per heavy atom. The normalized spacial score (nSPS) is 13.8. The van der Waals surface area contributed by atoms with E-state index in [1.54, 1.807) is 6.26 Å². The van der Waals surface area contributed by atoms with E-state index in [0.29, 0.717) is 11.7 Å². The zero-order chi connectivity index (χ0) is 20.2. The van der Waals surface area contributed by atoms with Crippen LogP contribution in [0.25, 0.3) is 0 Å². The predicted octanol–water partition coefficient (Wildman–Crippen LogP) is 3.53. The van der Waals surface area contributed by atoms with E-state index in [4.69, 9.17) is 4.42 Å². The van der Waals surface area contributed by atoms with Gasteiger partial charge < -0.3 is 14.6 Å². The standard InChI is InChI=1S/C19H19F2N5O2S/c20-13-5-6-15(21)16(10-13)22-17(27)12-29-19-24-23-18(25-7-1-2-8-25)26(19)11-14-4-3-9-28-14/h3-6,9-10H,1-2,7-8,11-12H2,(H,22,27). The Bertz CT molecular complexity index is 987. The first kappa shape index (κ1) is 19.4. The molecule has 0 spiro atoms. The Morgan fingerprint density at radius 3 is 2.79 bits per heavy atom. The zero-order valence-electron chi connectivity index (χ0n) is 15.5. The van der Waals surface area contributed by atoms with Crippen LogP contribution in [-0.4, -0.2) is 39.5 Å². The summed E-state index contributed by atoms with van der Waals surface area (Å²) in [5.74, 6) is -0.317. The number of nitrogens with zero attached hydrogens (tertiary/aromatic N) is 4. The summed E-state index contributed by atoms with van der Waals surface area (Å²) in [5.41, 5.74) is -0.189. The van der Waals surface area contributed by atoms with E-state index in [-0.39, 0.29) is 11.4 Å². The van der Waals surface area contributed by atoms with Gasteiger partial charge in [0.2, 0.25) is 11.9 Å². The fraction of sp³-hybridized carbons (Fsp3) is 0.316. The lowest BCUT2D eigenvalue weighted by molar-refractivity contribution is -0.113. The molecule has 1 N–H and O–H groups in total. The monoisotopic (exact) mass is 419 g/mol. The highest BCUT2D eigenvalue weighted by Gasteiger charge is 2.22. The molecule has 3 aromatic rings. The Labute approximate surface area is 170 Å². The van der Waals surface area contributed by atoms with Crippen LogP contribution >= 0.6 is 11.8 Å². The molecule has 2 aromatic heterocycles. The second-order valence-electron chi connectivity index (χ2n) is 6.60. The highest BCUT2D eigenvalue weighted by molar-refractivity contribution is 7.99. The number of carbonyl (C=O) groups is 1. The van der Waals surface area contributed by atoms with Gasteiger partial charge in [-0.05, 0) is 37.1 Å². The van der Waals surface area contributed by atoms with Gasteiger partial charge in [-0.3, -0.25) is 9.36 Å². The number of thioether (sulfide) groups is 1.